The molecule has 1 atom stereocenters. The largest absolute Gasteiger partial charge is 0.435 e. The second kappa shape index (κ2) is 7.38. The minimum absolute atomic E-state index is 0. The normalized spacial score (nSPS) is 21.9. The third-order valence-corrected chi connectivity index (χ3v) is 3.92. The number of hydrogen-bond acceptors (Lipinski definition) is 3. The van der Waals surface area contributed by atoms with Crippen molar-refractivity contribution in [2.45, 2.75) is 39.5 Å². The lowest BCUT2D eigenvalue weighted by atomic mass is 9.79. The number of hydrogen-bond donors (Lipinski definition) is 1. The van der Waals surface area contributed by atoms with Gasteiger partial charge in [0.05, 0.1) is 0 Å². The summed E-state index contributed by atoms with van der Waals surface area (Å²) in [5.74, 6) is 0.213. The summed E-state index contributed by atoms with van der Waals surface area (Å²) >= 11 is 0. The molecule has 0 aliphatic carbocycles. The summed E-state index contributed by atoms with van der Waals surface area (Å²) in [6.07, 6.45) is 0.959. The van der Waals surface area contributed by atoms with E-state index in [4.69, 9.17) is 5.73 Å². The lowest BCUT2D eigenvalue weighted by Gasteiger charge is -2.42. The molecule has 0 saturated carbocycles. The number of ether oxygens (including phenoxy) is 1. The van der Waals surface area contributed by atoms with Crippen LogP contribution in [-0.2, 0) is 6.54 Å². The summed E-state index contributed by atoms with van der Waals surface area (Å²) < 4.78 is 28.8. The highest BCUT2D eigenvalue weighted by molar-refractivity contribution is 5.85. The highest BCUT2D eigenvalue weighted by Crippen LogP contribution is 2.29. The van der Waals surface area contributed by atoms with Gasteiger partial charge in [0.15, 0.2) is 0 Å². The Kier molecular flexibility index (Phi) is 6.38. The third-order valence-electron chi connectivity index (χ3n) is 3.92. The van der Waals surface area contributed by atoms with Gasteiger partial charge in [-0.05, 0) is 29.5 Å². The van der Waals surface area contributed by atoms with Crippen LogP contribution in [0.5, 0.6) is 5.75 Å². The van der Waals surface area contributed by atoms with E-state index in [9.17, 15) is 8.78 Å². The standard InChI is InChI=1S/C15H22F2N2O.ClH/c1-15(2)10-19(7-6-13(15)18)9-11-4-3-5-12(8-11)20-14(16)17;/h3-5,8,13-14H,6-7,9-10,18H2,1-2H3;1H. The zero-order valence-electron chi connectivity index (χ0n) is 12.4. The first kappa shape index (κ1) is 18.1. The number of nitrogens with two attached hydrogens (primary N) is 1. The predicted octanol–water partition coefficient (Wildman–Crippen LogP) is 3.27. The van der Waals surface area contributed by atoms with Crippen molar-refractivity contribution in [2.75, 3.05) is 13.1 Å². The molecule has 0 bridgehead atoms. The van der Waals surface area contributed by atoms with Gasteiger partial charge in [-0.2, -0.15) is 8.78 Å². The van der Waals surface area contributed by atoms with Crippen LogP contribution in [0.15, 0.2) is 24.3 Å². The van der Waals surface area contributed by atoms with E-state index in [0.717, 1.165) is 31.6 Å². The first-order valence-electron chi connectivity index (χ1n) is 6.88. The Hall–Kier alpha value is -0.910. The van der Waals surface area contributed by atoms with Crippen molar-refractivity contribution >= 4 is 12.4 Å². The monoisotopic (exact) mass is 320 g/mol. The topological polar surface area (TPSA) is 38.5 Å². The van der Waals surface area contributed by atoms with Crippen LogP contribution < -0.4 is 10.5 Å². The fourth-order valence-corrected chi connectivity index (χ4v) is 2.70. The van der Waals surface area contributed by atoms with E-state index in [-0.39, 0.29) is 29.6 Å². The summed E-state index contributed by atoms with van der Waals surface area (Å²) in [5, 5.41) is 0. The van der Waals surface area contributed by atoms with Gasteiger partial charge in [0.1, 0.15) is 5.75 Å². The Morgan fingerprint density at radius 1 is 1.43 bits per heavy atom. The van der Waals surface area contributed by atoms with Crippen molar-refractivity contribution in [3.8, 4) is 5.75 Å². The molecule has 2 N–H and O–H groups in total. The van der Waals surface area contributed by atoms with Crippen molar-refractivity contribution in [2.24, 2.45) is 11.1 Å². The first-order chi connectivity index (χ1) is 9.37. The van der Waals surface area contributed by atoms with Gasteiger partial charge in [0.2, 0.25) is 0 Å². The van der Waals surface area contributed by atoms with E-state index in [2.05, 4.69) is 23.5 Å². The molecule has 0 spiro atoms. The fourth-order valence-electron chi connectivity index (χ4n) is 2.70. The lowest BCUT2D eigenvalue weighted by molar-refractivity contribution is -0.0499. The van der Waals surface area contributed by atoms with Crippen LogP contribution in [0.1, 0.15) is 25.8 Å². The minimum Gasteiger partial charge on any atom is -0.435 e. The molecule has 1 saturated heterocycles. The molecule has 3 nitrogen and oxygen atoms in total. The number of piperidine rings is 1. The lowest BCUT2D eigenvalue weighted by Crippen LogP contribution is -2.52. The van der Waals surface area contributed by atoms with Crippen LogP contribution >= 0.6 is 12.4 Å². The summed E-state index contributed by atoms with van der Waals surface area (Å²) in [7, 11) is 0. The molecule has 1 fully saturated rings. The molecule has 0 amide bonds. The molecule has 2 rings (SSSR count). The molecule has 0 radical (unpaired) electrons. The summed E-state index contributed by atoms with van der Waals surface area (Å²) in [5.41, 5.74) is 7.18. The van der Waals surface area contributed by atoms with Crippen molar-refractivity contribution in [3.63, 3.8) is 0 Å². The Morgan fingerprint density at radius 2 is 2.14 bits per heavy atom. The van der Waals surface area contributed by atoms with E-state index >= 15 is 0 Å². The van der Waals surface area contributed by atoms with Gasteiger partial charge in [-0.1, -0.05) is 26.0 Å². The molecular formula is C15H23ClF2N2O. The van der Waals surface area contributed by atoms with Crippen LogP contribution in [0.4, 0.5) is 8.78 Å². The minimum atomic E-state index is -2.78. The zero-order valence-corrected chi connectivity index (χ0v) is 13.2. The molecule has 120 valence electrons. The fraction of sp³-hybridized carbons (Fsp3) is 0.600. The average Bonchev–Trinajstić information content (AvgIpc) is 2.33. The maximum absolute atomic E-state index is 12.2. The maximum Gasteiger partial charge on any atom is 0.387 e. The molecule has 1 aromatic rings. The molecule has 6 heteroatoms. The Bertz CT molecular complexity index is 457. The average molecular weight is 321 g/mol. The van der Waals surface area contributed by atoms with Crippen LogP contribution in [0.25, 0.3) is 0 Å². The molecule has 1 unspecified atom stereocenters. The van der Waals surface area contributed by atoms with Crippen LogP contribution in [0.2, 0.25) is 0 Å². The maximum atomic E-state index is 12.2. The van der Waals surface area contributed by atoms with Gasteiger partial charge in [0, 0.05) is 25.7 Å². The van der Waals surface area contributed by atoms with Gasteiger partial charge >= 0.3 is 6.61 Å². The van der Waals surface area contributed by atoms with E-state index in [1.54, 1.807) is 18.2 Å². The van der Waals surface area contributed by atoms with Gasteiger partial charge in [-0.3, -0.25) is 4.90 Å². The van der Waals surface area contributed by atoms with Crippen molar-refractivity contribution in [1.82, 2.24) is 4.90 Å². The zero-order chi connectivity index (χ0) is 14.8. The van der Waals surface area contributed by atoms with Crippen molar-refractivity contribution in [3.05, 3.63) is 29.8 Å². The second-order valence-electron chi connectivity index (χ2n) is 6.12. The molecular weight excluding hydrogens is 298 g/mol. The van der Waals surface area contributed by atoms with Crippen molar-refractivity contribution in [1.29, 1.82) is 0 Å². The van der Waals surface area contributed by atoms with Crippen LogP contribution in [0, 0.1) is 5.41 Å². The number of benzene rings is 1. The van der Waals surface area contributed by atoms with Gasteiger partial charge < -0.3 is 10.5 Å². The molecule has 1 heterocycles. The highest BCUT2D eigenvalue weighted by atomic mass is 35.5. The van der Waals surface area contributed by atoms with E-state index in [0.29, 0.717) is 0 Å². The summed E-state index contributed by atoms with van der Waals surface area (Å²) in [6, 6.07) is 7.11. The van der Waals surface area contributed by atoms with Crippen LogP contribution in [-0.4, -0.2) is 30.6 Å². The van der Waals surface area contributed by atoms with Crippen LogP contribution in [0.3, 0.4) is 0 Å². The SMILES string of the molecule is CC1(C)CN(Cc2cccc(OC(F)F)c2)CCC1N.Cl. The first-order valence-corrected chi connectivity index (χ1v) is 6.88. The number of alkyl halides is 2. The predicted molar refractivity (Wildman–Crippen MR) is 82.0 cm³/mol. The van der Waals surface area contributed by atoms with Gasteiger partial charge in [-0.25, -0.2) is 0 Å². The molecule has 1 aliphatic heterocycles. The molecule has 21 heavy (non-hydrogen) atoms. The summed E-state index contributed by atoms with van der Waals surface area (Å²) in [6.45, 7) is 4.13. The number of nitrogens with zero attached hydrogens (tertiary/aromatic N) is 1. The summed E-state index contributed by atoms with van der Waals surface area (Å²) in [4.78, 5) is 2.31. The van der Waals surface area contributed by atoms with E-state index < -0.39 is 6.61 Å². The van der Waals surface area contributed by atoms with E-state index in [1.807, 2.05) is 6.07 Å². The van der Waals surface area contributed by atoms with Gasteiger partial charge in [-0.15, -0.1) is 12.4 Å². The Labute approximate surface area is 130 Å². The number of rotatable bonds is 4. The Morgan fingerprint density at radius 3 is 2.76 bits per heavy atom. The van der Waals surface area contributed by atoms with Crippen molar-refractivity contribution < 1.29 is 13.5 Å². The molecule has 1 aliphatic rings. The highest BCUT2D eigenvalue weighted by Gasteiger charge is 2.33. The van der Waals surface area contributed by atoms with E-state index in [1.165, 1.54) is 0 Å². The third kappa shape index (κ3) is 5.09. The van der Waals surface area contributed by atoms with Gasteiger partial charge in [0.25, 0.3) is 0 Å². The Balaban J connectivity index is 0.00000220. The quantitative estimate of drug-likeness (QED) is 0.925. The smallest absolute Gasteiger partial charge is 0.387 e. The number of halogens is 3. The molecule has 0 aromatic heterocycles. The second-order valence-corrected chi connectivity index (χ2v) is 6.12. The molecule has 1 aromatic carbocycles. The number of likely N-dealkylation sites (tertiary alicyclic amines) is 1.